The number of epoxide rings is 1. The zero-order valence-corrected chi connectivity index (χ0v) is 29.4. The first-order valence-corrected chi connectivity index (χ1v) is 16.7. The van der Waals surface area contributed by atoms with Gasteiger partial charge in [-0.3, -0.25) is 10.1 Å². The Kier molecular flexibility index (Phi) is 12.3. The van der Waals surface area contributed by atoms with Gasteiger partial charge in [0.15, 0.2) is 5.72 Å². The molecule has 3 aliphatic heterocycles. The molecule has 7 atom stereocenters. The molecule has 1 aromatic carbocycles. The van der Waals surface area contributed by atoms with Crippen molar-refractivity contribution < 1.29 is 47.9 Å². The number of ether oxygens (including phenoxy) is 6. The third-order valence-electron chi connectivity index (χ3n) is 9.27. The second kappa shape index (κ2) is 15.8. The predicted octanol–water partition coefficient (Wildman–Crippen LogP) is 4.98. The highest BCUT2D eigenvalue weighted by Crippen LogP contribution is 2.49. The van der Waals surface area contributed by atoms with Crippen LogP contribution in [-0.2, 0) is 34.9 Å². The maximum atomic E-state index is 14.0. The van der Waals surface area contributed by atoms with Crippen LogP contribution in [0.5, 0.6) is 5.75 Å². The van der Waals surface area contributed by atoms with E-state index in [9.17, 15) is 19.5 Å². The molecule has 13 heteroatoms. The number of anilines is 1. The van der Waals surface area contributed by atoms with E-state index in [0.717, 1.165) is 17.6 Å². The van der Waals surface area contributed by atoms with Gasteiger partial charge in [0, 0.05) is 32.1 Å². The third-order valence-corrected chi connectivity index (χ3v) is 9.58. The van der Waals surface area contributed by atoms with Crippen LogP contribution in [0.1, 0.15) is 57.6 Å². The number of allylic oxidation sites excluding steroid dienone is 3. The molecule has 0 aromatic heterocycles. The van der Waals surface area contributed by atoms with Gasteiger partial charge in [0.25, 0.3) is 0 Å². The summed E-state index contributed by atoms with van der Waals surface area (Å²) in [5, 5.41) is 14.2. The molecule has 2 N–H and O–H groups in total. The van der Waals surface area contributed by atoms with E-state index in [1.165, 1.54) is 12.0 Å². The Labute approximate surface area is 287 Å². The largest absolute Gasteiger partial charge is 0.508 e. The number of benzene rings is 1. The first-order chi connectivity index (χ1) is 22.8. The van der Waals surface area contributed by atoms with Crippen LogP contribution < -0.4 is 15.0 Å². The number of thiol groups is 1. The van der Waals surface area contributed by atoms with Gasteiger partial charge in [-0.15, -0.1) is 0 Å². The quantitative estimate of drug-likeness (QED) is 0.148. The average molecular weight is 689 g/mol. The van der Waals surface area contributed by atoms with Crippen LogP contribution in [0.4, 0.5) is 15.3 Å². The first kappa shape index (κ1) is 37.3. The number of methoxy groups -OCH3 is 2. The van der Waals surface area contributed by atoms with Crippen LogP contribution >= 0.6 is 12.6 Å². The van der Waals surface area contributed by atoms with Gasteiger partial charge in [-0.25, -0.2) is 9.59 Å². The van der Waals surface area contributed by atoms with Crippen LogP contribution in [0.3, 0.4) is 0 Å². The molecule has 1 aromatic rings. The van der Waals surface area contributed by atoms with Crippen molar-refractivity contribution in [1.82, 2.24) is 5.32 Å². The molecule has 4 rings (SSSR count). The molecule has 0 aliphatic carbocycles. The molecule has 2 fully saturated rings. The van der Waals surface area contributed by atoms with Crippen molar-refractivity contribution in [2.45, 2.75) is 88.6 Å². The van der Waals surface area contributed by atoms with Crippen molar-refractivity contribution in [2.75, 3.05) is 38.5 Å². The van der Waals surface area contributed by atoms with Gasteiger partial charge in [0.2, 0.25) is 5.91 Å². The number of hydrogen-bond acceptors (Lipinski definition) is 11. The summed E-state index contributed by atoms with van der Waals surface area (Å²) in [5.74, 6) is 0.365. The summed E-state index contributed by atoms with van der Waals surface area (Å²) >= 11 is 4.19. The average Bonchev–Trinajstić information content (AvgIpc) is 3.74. The van der Waals surface area contributed by atoms with Gasteiger partial charge in [-0.2, -0.15) is 12.6 Å². The number of rotatable bonds is 8. The summed E-state index contributed by atoms with van der Waals surface area (Å²) in [6, 6.07) is 3.79. The highest BCUT2D eigenvalue weighted by molar-refractivity contribution is 7.80. The maximum Gasteiger partial charge on any atom is 0.508 e. The zero-order chi connectivity index (χ0) is 35.2. The molecule has 2 amide bonds. The lowest BCUT2D eigenvalue weighted by Gasteiger charge is -2.42. The molecule has 0 saturated carbocycles. The Balaban J connectivity index is 1.77. The van der Waals surface area contributed by atoms with E-state index in [-0.39, 0.29) is 25.4 Å². The smallest absolute Gasteiger partial charge is 0.496 e. The summed E-state index contributed by atoms with van der Waals surface area (Å²) in [6.07, 6.45) is 3.48. The summed E-state index contributed by atoms with van der Waals surface area (Å²) in [5.41, 5.74) is 0.110. The molecular formula is C35H48N2O10S. The molecule has 264 valence electrons. The standard InChI is InChI=1S/C35H48N2O10S/c1-8-24-25-17-23(18-26(24)42-6)16-21(2)12-11-13-28(43-7)35(41)20-27(45-32(39)36-35)22(3)31-34(4,47-31)29(19-30(38)37(25)5)46-33(40)44-14-9-10-15-48/h8,11-13,17-18,22,27-29,31,41,48H,1,9-10,14-16,19-20H2,2-7H3,(H,36,39)/b13-11+,21-12+. The summed E-state index contributed by atoms with van der Waals surface area (Å²) in [4.78, 5) is 41.1. The Morgan fingerprint density at radius 2 is 2.02 bits per heavy atom. The molecule has 0 radical (unpaired) electrons. The maximum absolute atomic E-state index is 14.0. The van der Waals surface area contributed by atoms with Crippen LogP contribution in [0.15, 0.2) is 42.5 Å². The summed E-state index contributed by atoms with van der Waals surface area (Å²) in [7, 11) is 4.64. The topological polar surface area (TPSA) is 145 Å². The molecule has 3 heterocycles. The van der Waals surface area contributed by atoms with Gasteiger partial charge < -0.3 is 38.4 Å². The first-order valence-electron chi connectivity index (χ1n) is 16.1. The highest BCUT2D eigenvalue weighted by atomic mass is 32.1. The third kappa shape index (κ3) is 8.36. The number of carbonyl (C=O) groups is 3. The lowest BCUT2D eigenvalue weighted by atomic mass is 9.83. The number of unbranched alkanes of at least 4 members (excludes halogenated alkanes) is 1. The van der Waals surface area contributed by atoms with E-state index in [2.05, 4.69) is 24.5 Å². The number of hydrogen-bond donors (Lipinski definition) is 3. The van der Waals surface area contributed by atoms with E-state index in [0.29, 0.717) is 35.6 Å². The molecule has 12 nitrogen and oxygen atoms in total. The number of fused-ring (bicyclic) bond motifs is 5. The van der Waals surface area contributed by atoms with Crippen molar-refractivity contribution in [2.24, 2.45) is 5.92 Å². The minimum absolute atomic E-state index is 0.0161. The number of aliphatic hydroxyl groups is 1. The van der Waals surface area contributed by atoms with Gasteiger partial charge in [-0.05, 0) is 56.6 Å². The van der Waals surface area contributed by atoms with Crippen LogP contribution in [-0.4, -0.2) is 92.6 Å². The van der Waals surface area contributed by atoms with Crippen molar-refractivity contribution in [1.29, 1.82) is 0 Å². The van der Waals surface area contributed by atoms with E-state index in [1.54, 1.807) is 39.3 Å². The molecular weight excluding hydrogens is 640 g/mol. The number of amides is 2. The lowest BCUT2D eigenvalue weighted by molar-refractivity contribution is -0.142. The Morgan fingerprint density at radius 1 is 1.27 bits per heavy atom. The Morgan fingerprint density at radius 3 is 2.69 bits per heavy atom. The second-order valence-corrected chi connectivity index (χ2v) is 13.2. The SMILES string of the molecule is C=Cc1c(OC)cc2cc1N(C)C(=O)CC(OC(=O)OCCCCS)C1(C)OC1C(C)C1CC(O)(NC(=O)O1)C(OC)/C=C/C=C(\C)C2. The Bertz CT molecular complexity index is 1430. The predicted molar refractivity (Wildman–Crippen MR) is 183 cm³/mol. The lowest BCUT2D eigenvalue weighted by Crippen LogP contribution is -2.63. The fraction of sp³-hybridized carbons (Fsp3) is 0.571. The fourth-order valence-corrected chi connectivity index (χ4v) is 6.64. The second-order valence-electron chi connectivity index (χ2n) is 12.7. The highest BCUT2D eigenvalue weighted by Gasteiger charge is 2.64. The van der Waals surface area contributed by atoms with Gasteiger partial charge in [-0.1, -0.05) is 43.4 Å². The minimum atomic E-state index is -1.79. The van der Waals surface area contributed by atoms with E-state index >= 15 is 0 Å². The number of carbonyl (C=O) groups excluding carboxylic acids is 3. The van der Waals surface area contributed by atoms with Crippen molar-refractivity contribution in [3.63, 3.8) is 0 Å². The molecule has 0 spiro atoms. The summed E-state index contributed by atoms with van der Waals surface area (Å²) in [6.45, 7) is 9.60. The minimum Gasteiger partial charge on any atom is -0.496 e. The number of alkyl carbamates (subject to hydrolysis) is 1. The summed E-state index contributed by atoms with van der Waals surface area (Å²) < 4.78 is 34.2. The zero-order valence-electron chi connectivity index (χ0n) is 28.5. The molecule has 3 aliphatic rings. The molecule has 7 unspecified atom stereocenters. The molecule has 4 bridgehead atoms. The Hall–Kier alpha value is -3.52. The van der Waals surface area contributed by atoms with E-state index in [1.807, 2.05) is 32.1 Å². The van der Waals surface area contributed by atoms with Crippen LogP contribution in [0, 0.1) is 5.92 Å². The van der Waals surface area contributed by atoms with Crippen LogP contribution in [0.25, 0.3) is 6.08 Å². The van der Waals surface area contributed by atoms with E-state index in [4.69, 9.17) is 28.4 Å². The van der Waals surface area contributed by atoms with Gasteiger partial charge in [0.05, 0.1) is 31.9 Å². The van der Waals surface area contributed by atoms with E-state index < -0.39 is 53.9 Å². The van der Waals surface area contributed by atoms with Crippen LogP contribution in [0.2, 0.25) is 0 Å². The number of nitrogens with one attached hydrogen (secondary N) is 1. The monoisotopic (exact) mass is 688 g/mol. The fourth-order valence-electron chi connectivity index (χ4n) is 6.41. The normalized spacial score (nSPS) is 32.5. The number of nitrogens with zero attached hydrogens (tertiary/aromatic N) is 1. The van der Waals surface area contributed by atoms with Crippen molar-refractivity contribution >= 4 is 42.5 Å². The molecule has 2 saturated heterocycles. The van der Waals surface area contributed by atoms with Crippen molar-refractivity contribution in [3.8, 4) is 5.75 Å². The van der Waals surface area contributed by atoms with Gasteiger partial charge in [0.1, 0.15) is 29.7 Å². The van der Waals surface area contributed by atoms with Crippen molar-refractivity contribution in [3.05, 3.63) is 53.6 Å². The van der Waals surface area contributed by atoms with Gasteiger partial charge >= 0.3 is 12.2 Å². The molecule has 48 heavy (non-hydrogen) atoms.